The zero-order valence-electron chi connectivity index (χ0n) is 7.97. The Morgan fingerprint density at radius 3 is 2.67 bits per heavy atom. The van der Waals surface area contributed by atoms with E-state index in [4.69, 9.17) is 4.74 Å². The second-order valence-corrected chi connectivity index (χ2v) is 5.80. The van der Waals surface area contributed by atoms with Crippen molar-refractivity contribution in [2.45, 2.75) is 10.7 Å². The van der Waals surface area contributed by atoms with Gasteiger partial charge < -0.3 is 4.74 Å². The number of Topliss-reactive ketones (excluding diaryl/α,β-unsaturated/α-hetero) is 1. The maximum atomic E-state index is 13.4. The van der Waals surface area contributed by atoms with Crippen LogP contribution in [0, 0.1) is 5.82 Å². The van der Waals surface area contributed by atoms with E-state index in [1.807, 2.05) is 0 Å². The van der Waals surface area contributed by atoms with Gasteiger partial charge in [0.25, 0.3) is 0 Å². The van der Waals surface area contributed by atoms with Gasteiger partial charge in [-0.25, -0.2) is 4.39 Å². The van der Waals surface area contributed by atoms with Crippen molar-refractivity contribution in [2.75, 3.05) is 6.61 Å². The summed E-state index contributed by atoms with van der Waals surface area (Å²) in [7, 11) is 0. The van der Waals surface area contributed by atoms with E-state index in [0.717, 1.165) is 0 Å². The third-order valence-electron chi connectivity index (χ3n) is 1.71. The van der Waals surface area contributed by atoms with Crippen LogP contribution in [-0.4, -0.2) is 16.1 Å². The van der Waals surface area contributed by atoms with Gasteiger partial charge in [-0.3, -0.25) is 4.79 Å². The molecule has 0 N–H and O–H groups in total. The highest BCUT2D eigenvalue weighted by Crippen LogP contribution is 2.22. The highest BCUT2D eigenvalue weighted by molar-refractivity contribution is 9.25. The SMILES string of the molecule is CCOc1ccc(C(=O)C(Br)Br)cc1F. The summed E-state index contributed by atoms with van der Waals surface area (Å²) in [6, 6.07) is 4.16. The van der Waals surface area contributed by atoms with Gasteiger partial charge in [0, 0.05) is 5.56 Å². The standard InChI is InChI=1S/C10H9Br2FO2/c1-2-15-8-4-3-6(5-7(8)13)9(14)10(11)12/h3-5,10H,2H2,1H3. The molecule has 0 aliphatic heterocycles. The number of hydrogen-bond acceptors (Lipinski definition) is 2. The quantitative estimate of drug-likeness (QED) is 0.619. The monoisotopic (exact) mass is 338 g/mol. The van der Waals surface area contributed by atoms with Crippen molar-refractivity contribution in [1.29, 1.82) is 0 Å². The third-order valence-corrected chi connectivity index (χ3v) is 2.55. The van der Waals surface area contributed by atoms with Crippen LogP contribution < -0.4 is 4.74 Å². The van der Waals surface area contributed by atoms with Crippen molar-refractivity contribution in [3.63, 3.8) is 0 Å². The van der Waals surface area contributed by atoms with Gasteiger partial charge in [0.15, 0.2) is 17.3 Å². The lowest BCUT2D eigenvalue weighted by atomic mass is 10.1. The molecule has 0 radical (unpaired) electrons. The molecule has 0 aromatic heterocycles. The molecule has 15 heavy (non-hydrogen) atoms. The fraction of sp³-hybridized carbons (Fsp3) is 0.300. The normalized spacial score (nSPS) is 10.5. The molecular formula is C10H9Br2FO2. The Hall–Kier alpha value is -0.420. The lowest BCUT2D eigenvalue weighted by molar-refractivity contribution is 0.101. The predicted molar refractivity (Wildman–Crippen MR) is 63.5 cm³/mol. The molecule has 0 unspecified atom stereocenters. The first-order chi connectivity index (χ1) is 7.06. The predicted octanol–water partition coefficient (Wildman–Crippen LogP) is 3.52. The minimum atomic E-state index is -0.525. The number of alkyl halides is 2. The second kappa shape index (κ2) is 5.61. The molecule has 1 aromatic rings. The Balaban J connectivity index is 2.96. The lowest BCUT2D eigenvalue weighted by Gasteiger charge is -2.06. The topological polar surface area (TPSA) is 26.3 Å². The summed E-state index contributed by atoms with van der Waals surface area (Å²) in [5, 5.41) is 0. The first-order valence-corrected chi connectivity index (χ1v) is 6.14. The van der Waals surface area contributed by atoms with E-state index in [1.165, 1.54) is 18.2 Å². The molecule has 0 amide bonds. The van der Waals surface area contributed by atoms with Gasteiger partial charge in [0.05, 0.1) is 6.61 Å². The first kappa shape index (κ1) is 12.6. The molecule has 0 aliphatic carbocycles. The van der Waals surface area contributed by atoms with Gasteiger partial charge in [-0.05, 0) is 25.1 Å². The minimum absolute atomic E-state index is 0.162. The smallest absolute Gasteiger partial charge is 0.187 e. The molecule has 0 saturated heterocycles. The fourth-order valence-corrected chi connectivity index (χ4v) is 1.58. The van der Waals surface area contributed by atoms with E-state index in [2.05, 4.69) is 31.9 Å². The fourth-order valence-electron chi connectivity index (χ4n) is 1.05. The lowest BCUT2D eigenvalue weighted by Crippen LogP contribution is -2.07. The Morgan fingerprint density at radius 2 is 2.20 bits per heavy atom. The molecular weight excluding hydrogens is 331 g/mol. The van der Waals surface area contributed by atoms with E-state index in [-0.39, 0.29) is 11.5 Å². The van der Waals surface area contributed by atoms with E-state index in [0.29, 0.717) is 12.2 Å². The minimum Gasteiger partial charge on any atom is -0.491 e. The summed E-state index contributed by atoms with van der Waals surface area (Å²) in [5.74, 6) is -0.588. The van der Waals surface area contributed by atoms with Crippen molar-refractivity contribution < 1.29 is 13.9 Å². The third kappa shape index (κ3) is 3.28. The molecule has 1 aromatic carbocycles. The van der Waals surface area contributed by atoms with Crippen LogP contribution in [0.25, 0.3) is 0 Å². The highest BCUT2D eigenvalue weighted by atomic mass is 79.9. The number of carbonyl (C=O) groups is 1. The average molecular weight is 340 g/mol. The molecule has 0 heterocycles. The summed E-state index contributed by atoms with van der Waals surface area (Å²) >= 11 is 6.13. The summed E-state index contributed by atoms with van der Waals surface area (Å²) < 4.78 is 17.9. The number of carbonyl (C=O) groups excluding carboxylic acids is 1. The van der Waals surface area contributed by atoms with Gasteiger partial charge >= 0.3 is 0 Å². The zero-order chi connectivity index (χ0) is 11.4. The van der Waals surface area contributed by atoms with Crippen LogP contribution in [0.3, 0.4) is 0 Å². The van der Waals surface area contributed by atoms with Gasteiger partial charge in [-0.2, -0.15) is 0 Å². The molecule has 0 aliphatic rings. The Kier molecular flexibility index (Phi) is 4.73. The Bertz CT molecular complexity index is 366. The largest absolute Gasteiger partial charge is 0.491 e. The zero-order valence-corrected chi connectivity index (χ0v) is 11.1. The van der Waals surface area contributed by atoms with Crippen molar-refractivity contribution in [1.82, 2.24) is 0 Å². The summed E-state index contributed by atoms with van der Waals surface area (Å²) in [6.07, 6.45) is 0. The summed E-state index contributed by atoms with van der Waals surface area (Å²) in [6.45, 7) is 2.16. The molecule has 5 heteroatoms. The molecule has 0 fully saturated rings. The maximum absolute atomic E-state index is 13.4. The van der Waals surface area contributed by atoms with Gasteiger partial charge in [-0.1, -0.05) is 31.9 Å². The number of rotatable bonds is 4. The van der Waals surface area contributed by atoms with Crippen LogP contribution >= 0.6 is 31.9 Å². The maximum Gasteiger partial charge on any atom is 0.187 e. The number of ketones is 1. The van der Waals surface area contributed by atoms with Crippen molar-refractivity contribution >= 4 is 37.6 Å². The van der Waals surface area contributed by atoms with Crippen molar-refractivity contribution in [3.05, 3.63) is 29.6 Å². The number of halogens is 3. The number of benzene rings is 1. The van der Waals surface area contributed by atoms with E-state index in [9.17, 15) is 9.18 Å². The molecule has 0 spiro atoms. The molecule has 82 valence electrons. The van der Waals surface area contributed by atoms with E-state index >= 15 is 0 Å². The van der Waals surface area contributed by atoms with Crippen LogP contribution in [0.4, 0.5) is 4.39 Å². The van der Waals surface area contributed by atoms with E-state index < -0.39 is 9.55 Å². The van der Waals surface area contributed by atoms with E-state index in [1.54, 1.807) is 6.92 Å². The van der Waals surface area contributed by atoms with Crippen molar-refractivity contribution in [3.8, 4) is 5.75 Å². The van der Waals surface area contributed by atoms with Gasteiger partial charge in [-0.15, -0.1) is 0 Å². The molecule has 0 saturated carbocycles. The summed E-state index contributed by atoms with van der Waals surface area (Å²) in [4.78, 5) is 11.5. The Morgan fingerprint density at radius 1 is 1.53 bits per heavy atom. The van der Waals surface area contributed by atoms with Crippen LogP contribution in [0.15, 0.2) is 18.2 Å². The molecule has 1 rings (SSSR count). The van der Waals surface area contributed by atoms with Crippen LogP contribution in [0.2, 0.25) is 0 Å². The van der Waals surface area contributed by atoms with Gasteiger partial charge in [0.2, 0.25) is 0 Å². The van der Waals surface area contributed by atoms with Crippen LogP contribution in [0.5, 0.6) is 5.75 Å². The number of ether oxygens (including phenoxy) is 1. The molecule has 0 atom stereocenters. The van der Waals surface area contributed by atoms with Crippen LogP contribution in [0.1, 0.15) is 17.3 Å². The summed E-state index contributed by atoms with van der Waals surface area (Å²) in [5.41, 5.74) is 0.301. The molecule has 0 bridgehead atoms. The Labute approximate surface area is 104 Å². The number of hydrogen-bond donors (Lipinski definition) is 0. The average Bonchev–Trinajstić information content (AvgIpc) is 2.20. The first-order valence-electron chi connectivity index (χ1n) is 4.31. The van der Waals surface area contributed by atoms with Crippen LogP contribution in [-0.2, 0) is 0 Å². The second-order valence-electron chi connectivity index (χ2n) is 2.74. The van der Waals surface area contributed by atoms with Crippen molar-refractivity contribution in [2.24, 2.45) is 0 Å². The molecule has 2 nitrogen and oxygen atoms in total. The highest BCUT2D eigenvalue weighted by Gasteiger charge is 2.15. The van der Waals surface area contributed by atoms with Gasteiger partial charge in [0.1, 0.15) is 3.74 Å².